The Kier molecular flexibility index (Phi) is 2.05. The maximum absolute atomic E-state index is 11.4. The smallest absolute Gasteiger partial charge is 0.248 e. The van der Waals surface area contributed by atoms with Crippen molar-refractivity contribution >= 4 is 37.9 Å². The number of rotatable bonds is 0. The molecule has 1 aliphatic heterocycles. The van der Waals surface area contributed by atoms with Crippen LogP contribution in [-0.2, 0) is 10.0 Å². The van der Waals surface area contributed by atoms with E-state index < -0.39 is 10.0 Å². The first-order valence-electron chi connectivity index (χ1n) is 3.23. The Labute approximate surface area is 84.1 Å². The molecule has 0 N–H and O–H groups in total. The Morgan fingerprint density at radius 2 is 2.23 bits per heavy atom. The SMILES string of the molecule is O=S1(=O)N=C(Cl)Sc2ncccc21. The number of fused-ring (bicyclic) bond motifs is 1. The average molecular weight is 235 g/mol. The van der Waals surface area contributed by atoms with E-state index in [1.54, 1.807) is 6.07 Å². The van der Waals surface area contributed by atoms with E-state index in [4.69, 9.17) is 11.6 Å². The standard InChI is InChI=1S/C6H3ClN2O2S2/c7-6-9-13(10,11)4-2-1-3-8-5(4)12-6/h1-3H. The molecule has 1 aromatic rings. The highest BCUT2D eigenvalue weighted by Gasteiger charge is 2.25. The Balaban J connectivity index is 2.73. The Bertz CT molecular complexity index is 483. The summed E-state index contributed by atoms with van der Waals surface area (Å²) in [5.74, 6) is 0. The quantitative estimate of drug-likeness (QED) is 0.682. The van der Waals surface area contributed by atoms with Crippen LogP contribution in [0.4, 0.5) is 0 Å². The van der Waals surface area contributed by atoms with Crippen LogP contribution in [-0.4, -0.2) is 17.9 Å². The summed E-state index contributed by atoms with van der Waals surface area (Å²) in [4.78, 5) is 4.00. The molecular formula is C6H3ClN2O2S2. The minimum atomic E-state index is -3.62. The maximum atomic E-state index is 11.4. The highest BCUT2D eigenvalue weighted by Crippen LogP contribution is 2.32. The lowest BCUT2D eigenvalue weighted by Gasteiger charge is -2.09. The number of nitrogens with zero attached hydrogens (tertiary/aromatic N) is 2. The third-order valence-corrected chi connectivity index (χ3v) is 4.13. The molecule has 13 heavy (non-hydrogen) atoms. The van der Waals surface area contributed by atoms with Crippen molar-refractivity contribution in [1.29, 1.82) is 0 Å². The van der Waals surface area contributed by atoms with Gasteiger partial charge < -0.3 is 0 Å². The fourth-order valence-corrected chi connectivity index (χ4v) is 3.52. The molecule has 0 amide bonds. The topological polar surface area (TPSA) is 59.4 Å². The second-order valence-electron chi connectivity index (χ2n) is 2.23. The predicted octanol–water partition coefficient (Wildman–Crippen LogP) is 1.47. The Morgan fingerprint density at radius 3 is 3.00 bits per heavy atom. The van der Waals surface area contributed by atoms with Crippen molar-refractivity contribution in [2.75, 3.05) is 0 Å². The van der Waals surface area contributed by atoms with Crippen LogP contribution in [0.3, 0.4) is 0 Å². The molecule has 7 heteroatoms. The molecule has 2 heterocycles. The van der Waals surface area contributed by atoms with E-state index in [0.29, 0.717) is 5.03 Å². The summed E-state index contributed by atoms with van der Waals surface area (Å²) in [6.45, 7) is 0. The predicted molar refractivity (Wildman–Crippen MR) is 50.6 cm³/mol. The van der Waals surface area contributed by atoms with E-state index in [-0.39, 0.29) is 9.40 Å². The van der Waals surface area contributed by atoms with Gasteiger partial charge in [0.25, 0.3) is 10.0 Å². The third kappa shape index (κ3) is 1.56. The largest absolute Gasteiger partial charge is 0.286 e. The second-order valence-corrected chi connectivity index (χ2v) is 5.36. The van der Waals surface area contributed by atoms with Gasteiger partial charge in [0.05, 0.1) is 0 Å². The van der Waals surface area contributed by atoms with E-state index in [1.807, 2.05) is 0 Å². The maximum Gasteiger partial charge on any atom is 0.286 e. The van der Waals surface area contributed by atoms with Crippen LogP contribution in [0, 0.1) is 0 Å². The Hall–Kier alpha value is -0.590. The third-order valence-electron chi connectivity index (χ3n) is 1.39. The number of hydrogen-bond donors (Lipinski definition) is 0. The van der Waals surface area contributed by atoms with Gasteiger partial charge in [0.2, 0.25) is 0 Å². The van der Waals surface area contributed by atoms with Gasteiger partial charge in [-0.3, -0.25) is 0 Å². The first kappa shape index (κ1) is 8.98. The van der Waals surface area contributed by atoms with Crippen LogP contribution in [0.2, 0.25) is 0 Å². The lowest BCUT2D eigenvalue weighted by Crippen LogP contribution is -2.06. The minimum absolute atomic E-state index is 0.0220. The summed E-state index contributed by atoms with van der Waals surface area (Å²) in [6, 6.07) is 3.00. The molecule has 4 nitrogen and oxygen atoms in total. The molecule has 0 unspecified atom stereocenters. The molecule has 0 aromatic carbocycles. The van der Waals surface area contributed by atoms with Gasteiger partial charge in [0.15, 0.2) is 4.50 Å². The molecule has 0 bridgehead atoms. The molecule has 0 radical (unpaired) electrons. The molecule has 0 saturated carbocycles. The highest BCUT2D eigenvalue weighted by molar-refractivity contribution is 8.18. The summed E-state index contributed by atoms with van der Waals surface area (Å²) in [5, 5.41) is 0.377. The van der Waals surface area contributed by atoms with Crippen molar-refractivity contribution in [3.8, 4) is 0 Å². The van der Waals surface area contributed by atoms with Gasteiger partial charge in [-0.05, 0) is 23.9 Å². The van der Waals surface area contributed by atoms with Crippen LogP contribution in [0.5, 0.6) is 0 Å². The van der Waals surface area contributed by atoms with Crippen molar-refractivity contribution < 1.29 is 8.42 Å². The molecule has 1 aliphatic rings. The summed E-state index contributed by atoms with van der Waals surface area (Å²) in [7, 11) is -3.62. The molecule has 0 saturated heterocycles. The summed E-state index contributed by atoms with van der Waals surface area (Å²) < 4.78 is 26.0. The molecular weight excluding hydrogens is 232 g/mol. The van der Waals surface area contributed by atoms with Gasteiger partial charge in [0.1, 0.15) is 9.92 Å². The first-order valence-corrected chi connectivity index (χ1v) is 5.86. The van der Waals surface area contributed by atoms with E-state index in [0.717, 1.165) is 11.8 Å². The fraction of sp³-hybridized carbons (Fsp3) is 0. The van der Waals surface area contributed by atoms with E-state index >= 15 is 0 Å². The normalized spacial score (nSPS) is 19.0. The summed E-state index contributed by atoms with van der Waals surface area (Å²) >= 11 is 6.56. The minimum Gasteiger partial charge on any atom is -0.248 e. The average Bonchev–Trinajstić information content (AvgIpc) is 2.02. The van der Waals surface area contributed by atoms with Crippen LogP contribution in [0.1, 0.15) is 0 Å². The van der Waals surface area contributed by atoms with Gasteiger partial charge in [-0.25, -0.2) is 4.98 Å². The van der Waals surface area contributed by atoms with Gasteiger partial charge in [-0.2, -0.15) is 8.42 Å². The zero-order valence-electron chi connectivity index (χ0n) is 6.14. The Morgan fingerprint density at radius 1 is 1.46 bits per heavy atom. The van der Waals surface area contributed by atoms with Crippen LogP contribution < -0.4 is 0 Å². The van der Waals surface area contributed by atoms with Gasteiger partial charge >= 0.3 is 0 Å². The van der Waals surface area contributed by atoms with Crippen molar-refractivity contribution in [2.24, 2.45) is 4.40 Å². The van der Waals surface area contributed by atoms with Crippen molar-refractivity contribution in [2.45, 2.75) is 9.92 Å². The second kappa shape index (κ2) is 2.97. The molecule has 0 spiro atoms. The van der Waals surface area contributed by atoms with Gasteiger partial charge in [0, 0.05) is 6.20 Å². The lowest BCUT2D eigenvalue weighted by atomic mass is 10.5. The lowest BCUT2D eigenvalue weighted by molar-refractivity contribution is 0.594. The molecule has 1 aromatic heterocycles. The molecule has 0 fully saturated rings. The van der Waals surface area contributed by atoms with Crippen LogP contribution >= 0.6 is 23.4 Å². The van der Waals surface area contributed by atoms with E-state index in [9.17, 15) is 8.42 Å². The number of halogens is 1. The van der Waals surface area contributed by atoms with Crippen LogP contribution in [0.15, 0.2) is 32.6 Å². The van der Waals surface area contributed by atoms with E-state index in [1.165, 1.54) is 12.3 Å². The number of pyridine rings is 1. The highest BCUT2D eigenvalue weighted by atomic mass is 35.5. The van der Waals surface area contributed by atoms with Crippen molar-refractivity contribution in [3.05, 3.63) is 18.3 Å². The monoisotopic (exact) mass is 234 g/mol. The number of aromatic nitrogens is 1. The van der Waals surface area contributed by atoms with Crippen molar-refractivity contribution in [3.63, 3.8) is 0 Å². The molecule has 0 atom stereocenters. The zero-order valence-corrected chi connectivity index (χ0v) is 8.53. The number of thioether (sulfide) groups is 1. The molecule has 0 aliphatic carbocycles. The summed E-state index contributed by atoms with van der Waals surface area (Å²) in [6.07, 6.45) is 1.51. The fourth-order valence-electron chi connectivity index (χ4n) is 0.891. The van der Waals surface area contributed by atoms with E-state index in [2.05, 4.69) is 9.38 Å². The van der Waals surface area contributed by atoms with Gasteiger partial charge in [-0.15, -0.1) is 4.40 Å². The van der Waals surface area contributed by atoms with Gasteiger partial charge in [-0.1, -0.05) is 11.6 Å². The first-order chi connectivity index (χ1) is 6.09. The van der Waals surface area contributed by atoms with Crippen LogP contribution in [0.25, 0.3) is 0 Å². The summed E-state index contributed by atoms with van der Waals surface area (Å²) in [5.41, 5.74) is 0. The number of hydrogen-bond acceptors (Lipinski definition) is 4. The van der Waals surface area contributed by atoms with Crippen molar-refractivity contribution in [1.82, 2.24) is 4.98 Å². The molecule has 2 rings (SSSR count). The molecule has 68 valence electrons. The zero-order chi connectivity index (χ0) is 9.47. The number of sulfonamides is 1.